The van der Waals surface area contributed by atoms with E-state index >= 15 is 0 Å². The predicted octanol–water partition coefficient (Wildman–Crippen LogP) is 6.28. The lowest BCUT2D eigenvalue weighted by Crippen LogP contribution is -2.24. The van der Waals surface area contributed by atoms with Gasteiger partial charge in [0.2, 0.25) is 0 Å². The molecule has 0 aromatic heterocycles. The molecule has 4 heteroatoms. The lowest BCUT2D eigenvalue weighted by atomic mass is 9.92. The van der Waals surface area contributed by atoms with Crippen molar-refractivity contribution < 1.29 is 5.11 Å². The van der Waals surface area contributed by atoms with Gasteiger partial charge in [0.1, 0.15) is 5.75 Å². The summed E-state index contributed by atoms with van der Waals surface area (Å²) in [6.45, 7) is 8.48. The van der Waals surface area contributed by atoms with Gasteiger partial charge in [0.15, 0.2) is 0 Å². The summed E-state index contributed by atoms with van der Waals surface area (Å²) >= 11 is 10.9. The molecule has 19 heavy (non-hydrogen) atoms. The van der Waals surface area contributed by atoms with E-state index in [0.717, 1.165) is 28.4 Å². The zero-order valence-corrected chi connectivity index (χ0v) is 16.6. The Bertz CT molecular complexity index is 438. The van der Waals surface area contributed by atoms with Crippen molar-refractivity contribution in [2.75, 3.05) is 0 Å². The summed E-state index contributed by atoms with van der Waals surface area (Å²) in [4.78, 5) is 0.415. The Kier molecular flexibility index (Phi) is 6.40. The maximum Gasteiger partial charge on any atom is 0.119 e. The summed E-state index contributed by atoms with van der Waals surface area (Å²) < 4.78 is 1.14. The standard InChI is InChI=1S/C15H21Br3O/c1-9(5-6-14(17)15(3,4)18)11-8-12(16)10(2)7-13(11)19/h7-9,14,19H,5-6H2,1-4H3/t9-,14?/m1/s1. The topological polar surface area (TPSA) is 20.2 Å². The highest BCUT2D eigenvalue weighted by Crippen LogP contribution is 2.36. The Labute approximate surface area is 141 Å². The summed E-state index contributed by atoms with van der Waals surface area (Å²) in [5, 5.41) is 10.1. The number of aromatic hydroxyl groups is 1. The van der Waals surface area contributed by atoms with Crippen LogP contribution in [0.3, 0.4) is 0 Å². The van der Waals surface area contributed by atoms with Crippen LogP contribution in [-0.4, -0.2) is 14.3 Å². The van der Waals surface area contributed by atoms with E-state index in [4.69, 9.17) is 0 Å². The van der Waals surface area contributed by atoms with Gasteiger partial charge in [0.05, 0.1) is 0 Å². The number of aryl methyl sites for hydroxylation is 1. The third-order valence-corrected chi connectivity index (χ3v) is 7.06. The minimum atomic E-state index is 0.0859. The fraction of sp³-hybridized carbons (Fsp3) is 0.600. The molecule has 0 saturated heterocycles. The monoisotopic (exact) mass is 454 g/mol. The van der Waals surface area contributed by atoms with Crippen LogP contribution in [0.4, 0.5) is 0 Å². The van der Waals surface area contributed by atoms with Crippen molar-refractivity contribution in [3.8, 4) is 5.75 Å². The summed E-state index contributed by atoms with van der Waals surface area (Å²) in [7, 11) is 0. The van der Waals surface area contributed by atoms with Crippen molar-refractivity contribution in [3.05, 3.63) is 27.7 Å². The molecule has 1 N–H and O–H groups in total. The molecule has 1 aromatic carbocycles. The predicted molar refractivity (Wildman–Crippen MR) is 93.9 cm³/mol. The minimum absolute atomic E-state index is 0.0859. The average Bonchev–Trinajstić information content (AvgIpc) is 2.29. The second-order valence-electron chi connectivity index (χ2n) is 5.67. The number of hydrogen-bond donors (Lipinski definition) is 1. The number of halogens is 3. The molecular formula is C15H21Br3O. The Balaban J connectivity index is 2.74. The number of benzene rings is 1. The first-order valence-corrected chi connectivity index (χ1v) is 8.95. The average molecular weight is 457 g/mol. The van der Waals surface area contributed by atoms with E-state index in [1.165, 1.54) is 0 Å². The fourth-order valence-electron chi connectivity index (χ4n) is 1.97. The molecule has 1 unspecified atom stereocenters. The van der Waals surface area contributed by atoms with Gasteiger partial charge < -0.3 is 5.11 Å². The van der Waals surface area contributed by atoms with E-state index in [9.17, 15) is 5.11 Å². The summed E-state index contributed by atoms with van der Waals surface area (Å²) in [5.74, 6) is 0.740. The van der Waals surface area contributed by atoms with Crippen LogP contribution in [-0.2, 0) is 0 Å². The molecule has 1 nitrogen and oxygen atoms in total. The number of hydrogen-bond acceptors (Lipinski definition) is 1. The van der Waals surface area contributed by atoms with Gasteiger partial charge in [-0.25, -0.2) is 0 Å². The highest BCUT2D eigenvalue weighted by Gasteiger charge is 2.24. The summed E-state index contributed by atoms with van der Waals surface area (Å²) in [5.41, 5.74) is 2.08. The van der Waals surface area contributed by atoms with Crippen LogP contribution in [0.1, 0.15) is 50.7 Å². The van der Waals surface area contributed by atoms with Crippen molar-refractivity contribution >= 4 is 47.8 Å². The molecule has 0 fully saturated rings. The fourth-order valence-corrected chi connectivity index (χ4v) is 2.83. The van der Waals surface area contributed by atoms with Crippen LogP contribution >= 0.6 is 47.8 Å². The first-order valence-electron chi connectivity index (χ1n) is 6.45. The van der Waals surface area contributed by atoms with Crippen LogP contribution in [0.15, 0.2) is 16.6 Å². The van der Waals surface area contributed by atoms with Crippen molar-refractivity contribution in [3.63, 3.8) is 0 Å². The van der Waals surface area contributed by atoms with Gasteiger partial charge in [0, 0.05) is 13.6 Å². The number of phenolic OH excluding ortho intramolecular Hbond substituents is 1. The number of phenols is 1. The van der Waals surface area contributed by atoms with Gasteiger partial charge in [0.25, 0.3) is 0 Å². The van der Waals surface area contributed by atoms with Gasteiger partial charge in [-0.2, -0.15) is 0 Å². The number of alkyl halides is 2. The SMILES string of the molecule is Cc1cc(O)c([C@H](C)CCC(Br)C(C)(C)Br)cc1Br. The normalized spacial score (nSPS) is 15.3. The van der Waals surface area contributed by atoms with Gasteiger partial charge >= 0.3 is 0 Å². The zero-order valence-electron chi connectivity index (χ0n) is 11.8. The van der Waals surface area contributed by atoms with E-state index < -0.39 is 0 Å². The molecule has 0 heterocycles. The van der Waals surface area contributed by atoms with E-state index in [2.05, 4.69) is 68.6 Å². The van der Waals surface area contributed by atoms with Crippen molar-refractivity contribution in [2.24, 2.45) is 0 Å². The third-order valence-electron chi connectivity index (χ3n) is 3.44. The van der Waals surface area contributed by atoms with Crippen LogP contribution in [0, 0.1) is 6.92 Å². The van der Waals surface area contributed by atoms with E-state index in [1.807, 2.05) is 19.1 Å². The maximum absolute atomic E-state index is 10.1. The smallest absolute Gasteiger partial charge is 0.119 e. The Morgan fingerprint density at radius 3 is 2.37 bits per heavy atom. The number of rotatable bonds is 5. The molecule has 0 aliphatic rings. The van der Waals surface area contributed by atoms with Crippen LogP contribution in [0.5, 0.6) is 5.75 Å². The molecule has 0 aliphatic heterocycles. The lowest BCUT2D eigenvalue weighted by Gasteiger charge is -2.25. The van der Waals surface area contributed by atoms with Gasteiger partial charge in [-0.15, -0.1) is 0 Å². The highest BCUT2D eigenvalue weighted by atomic mass is 79.9. The van der Waals surface area contributed by atoms with Gasteiger partial charge in [-0.3, -0.25) is 0 Å². The second-order valence-corrected chi connectivity index (χ2v) is 9.67. The lowest BCUT2D eigenvalue weighted by molar-refractivity contribution is 0.457. The minimum Gasteiger partial charge on any atom is -0.508 e. The quantitative estimate of drug-likeness (QED) is 0.516. The van der Waals surface area contributed by atoms with Crippen molar-refractivity contribution in [1.82, 2.24) is 0 Å². The highest BCUT2D eigenvalue weighted by molar-refractivity contribution is 9.12. The molecule has 1 rings (SSSR count). The molecule has 0 saturated carbocycles. The van der Waals surface area contributed by atoms with Gasteiger partial charge in [-0.05, 0) is 62.8 Å². The summed E-state index contributed by atoms with van der Waals surface area (Å²) in [6.07, 6.45) is 2.10. The first kappa shape index (κ1) is 17.5. The molecule has 2 atom stereocenters. The van der Waals surface area contributed by atoms with E-state index in [-0.39, 0.29) is 4.32 Å². The molecule has 0 aliphatic carbocycles. The Morgan fingerprint density at radius 2 is 1.84 bits per heavy atom. The van der Waals surface area contributed by atoms with Crippen molar-refractivity contribution in [1.29, 1.82) is 0 Å². The zero-order chi connectivity index (χ0) is 14.8. The summed E-state index contributed by atoms with van der Waals surface area (Å²) in [6, 6.07) is 3.87. The molecular weight excluding hydrogens is 436 g/mol. The van der Waals surface area contributed by atoms with Gasteiger partial charge in [-0.1, -0.05) is 54.7 Å². The van der Waals surface area contributed by atoms with Crippen LogP contribution in [0.2, 0.25) is 0 Å². The Hall–Kier alpha value is 0.460. The van der Waals surface area contributed by atoms with Crippen LogP contribution in [0.25, 0.3) is 0 Å². The van der Waals surface area contributed by atoms with E-state index in [0.29, 0.717) is 16.5 Å². The third kappa shape index (κ3) is 5.05. The second kappa shape index (κ2) is 6.95. The maximum atomic E-state index is 10.1. The Morgan fingerprint density at radius 1 is 1.26 bits per heavy atom. The van der Waals surface area contributed by atoms with Crippen molar-refractivity contribution in [2.45, 2.75) is 55.6 Å². The molecule has 0 spiro atoms. The molecule has 108 valence electrons. The molecule has 1 aromatic rings. The molecule has 0 bridgehead atoms. The first-order chi connectivity index (χ1) is 8.62. The largest absolute Gasteiger partial charge is 0.508 e. The van der Waals surface area contributed by atoms with E-state index in [1.54, 1.807) is 0 Å². The van der Waals surface area contributed by atoms with Crippen LogP contribution < -0.4 is 0 Å². The molecule has 0 amide bonds. The molecule has 0 radical (unpaired) electrons.